The zero-order valence-electron chi connectivity index (χ0n) is 25.1. The molecule has 0 fully saturated rings. The normalized spacial score (nSPS) is 11.4. The van der Waals surface area contributed by atoms with Crippen molar-refractivity contribution in [3.8, 4) is 11.4 Å². The number of carbonyl (C=O) groups excluding carboxylic acids is 1. The summed E-state index contributed by atoms with van der Waals surface area (Å²) in [6.07, 6.45) is 1.60. The molecule has 0 aliphatic heterocycles. The second-order valence-corrected chi connectivity index (χ2v) is 10.7. The minimum atomic E-state index is -0.489. The van der Waals surface area contributed by atoms with Crippen molar-refractivity contribution in [2.45, 2.75) is 33.9 Å². The van der Waals surface area contributed by atoms with Crippen LogP contribution >= 0.6 is 0 Å². The zero-order chi connectivity index (χ0) is 31.5. The van der Waals surface area contributed by atoms with E-state index in [1.54, 1.807) is 30.5 Å². The van der Waals surface area contributed by atoms with Crippen LogP contribution in [0.1, 0.15) is 44.5 Å². The first kappa shape index (κ1) is 29.2. The number of aryl methyl sites for hydroxylation is 2. The number of hydrazone groups is 1. The van der Waals surface area contributed by atoms with Gasteiger partial charge < -0.3 is 18.3 Å². The van der Waals surface area contributed by atoms with Gasteiger partial charge in [-0.05, 0) is 80.9 Å². The van der Waals surface area contributed by atoms with Crippen LogP contribution in [-0.2, 0) is 13.2 Å². The molecule has 6 rings (SSSR count). The number of furan rings is 1. The maximum Gasteiger partial charge on any atom is 0.307 e. The van der Waals surface area contributed by atoms with Crippen LogP contribution < -0.4 is 10.2 Å². The third-order valence-electron chi connectivity index (χ3n) is 7.73. The average molecular weight is 602 g/mol. The molecule has 3 aromatic carbocycles. The molecular formula is C35H31N5O5. The van der Waals surface area contributed by atoms with Gasteiger partial charge in [0.25, 0.3) is 5.69 Å². The molecular weight excluding hydrogens is 570 g/mol. The Hall–Kier alpha value is -5.90. The van der Waals surface area contributed by atoms with E-state index >= 15 is 0 Å². The number of ether oxygens (including phenoxy) is 1. The Kier molecular flexibility index (Phi) is 8.03. The number of nitrogens with one attached hydrogen (secondary N) is 1. The summed E-state index contributed by atoms with van der Waals surface area (Å²) in [5.41, 5.74) is 9.47. The average Bonchev–Trinajstić information content (AvgIpc) is 3.73. The molecule has 0 saturated carbocycles. The molecule has 0 aliphatic rings. The molecule has 45 heavy (non-hydrogen) atoms. The van der Waals surface area contributed by atoms with Gasteiger partial charge in [0, 0.05) is 57.9 Å². The Bertz CT molecular complexity index is 2030. The van der Waals surface area contributed by atoms with E-state index in [2.05, 4.69) is 45.6 Å². The second kappa shape index (κ2) is 12.4. The zero-order valence-corrected chi connectivity index (χ0v) is 25.1. The third kappa shape index (κ3) is 6.12. The van der Waals surface area contributed by atoms with Crippen molar-refractivity contribution in [3.63, 3.8) is 0 Å². The van der Waals surface area contributed by atoms with Crippen molar-refractivity contribution in [3.05, 3.63) is 147 Å². The Morgan fingerprint density at radius 3 is 2.47 bits per heavy atom. The number of non-ortho nitro benzene ring substituents is 1. The van der Waals surface area contributed by atoms with Gasteiger partial charge in [-0.3, -0.25) is 14.9 Å². The molecule has 226 valence electrons. The smallest absolute Gasteiger partial charge is 0.307 e. The predicted molar refractivity (Wildman–Crippen MR) is 172 cm³/mol. The fourth-order valence-electron chi connectivity index (χ4n) is 5.49. The molecule has 0 aliphatic carbocycles. The summed E-state index contributed by atoms with van der Waals surface area (Å²) in [6.45, 7) is 6.70. The first-order valence-corrected chi connectivity index (χ1v) is 14.4. The topological polar surface area (TPSA) is 117 Å². The van der Waals surface area contributed by atoms with Gasteiger partial charge in [-0.25, -0.2) is 5.43 Å². The maximum absolute atomic E-state index is 12.8. The fraction of sp³-hybridized carbons (Fsp3) is 0.143. The monoisotopic (exact) mass is 601 g/mol. The summed E-state index contributed by atoms with van der Waals surface area (Å²) in [6, 6.07) is 29.7. The number of nitrogens with zero attached hydrogens (tertiary/aromatic N) is 4. The lowest BCUT2D eigenvalue weighted by molar-refractivity contribution is -0.384. The molecule has 3 aromatic heterocycles. The van der Waals surface area contributed by atoms with Crippen LogP contribution in [0.2, 0.25) is 0 Å². The van der Waals surface area contributed by atoms with Gasteiger partial charge >= 0.3 is 5.91 Å². The standard InChI is InChI=1S/C35H31N5O5/c1-23-11-12-24(2)39(23)27-13-15-29(16-14-27)44-22-30-17-18-34(45-30)35(41)37-36-20-32-25(3)38(33-10-5-4-9-31(32)33)21-26-7-6-8-28(19-26)40(42)43/h4-20H,21-22H2,1-3H3,(H,37,41)/b36-20+. The molecule has 0 radical (unpaired) electrons. The molecule has 0 bridgehead atoms. The number of fused-ring (bicyclic) bond motifs is 1. The molecule has 0 atom stereocenters. The number of amides is 1. The van der Waals surface area contributed by atoms with Crippen molar-refractivity contribution < 1.29 is 18.9 Å². The summed E-state index contributed by atoms with van der Waals surface area (Å²) in [5.74, 6) is 0.820. The lowest BCUT2D eigenvalue weighted by Crippen LogP contribution is -2.16. The van der Waals surface area contributed by atoms with Gasteiger partial charge in [0.15, 0.2) is 5.76 Å². The van der Waals surface area contributed by atoms with Gasteiger partial charge in [0.05, 0.1) is 11.1 Å². The lowest BCUT2D eigenvalue weighted by atomic mass is 10.1. The highest BCUT2D eigenvalue weighted by molar-refractivity contribution is 6.01. The van der Waals surface area contributed by atoms with E-state index in [1.165, 1.54) is 6.07 Å². The molecule has 10 nitrogen and oxygen atoms in total. The van der Waals surface area contributed by atoms with E-state index in [0.29, 0.717) is 18.1 Å². The molecule has 1 N–H and O–H groups in total. The number of para-hydroxylation sites is 1. The minimum absolute atomic E-state index is 0.0474. The molecule has 0 unspecified atom stereocenters. The van der Waals surface area contributed by atoms with Gasteiger partial charge in [0.2, 0.25) is 0 Å². The van der Waals surface area contributed by atoms with Gasteiger partial charge in [0.1, 0.15) is 18.1 Å². The third-order valence-corrected chi connectivity index (χ3v) is 7.73. The lowest BCUT2D eigenvalue weighted by Gasteiger charge is -2.10. The quantitative estimate of drug-likeness (QED) is 0.101. The molecule has 1 amide bonds. The van der Waals surface area contributed by atoms with Crippen LogP contribution in [0.4, 0.5) is 5.69 Å². The van der Waals surface area contributed by atoms with Crippen LogP contribution in [0, 0.1) is 30.9 Å². The highest BCUT2D eigenvalue weighted by atomic mass is 16.6. The van der Waals surface area contributed by atoms with Gasteiger partial charge in [-0.2, -0.15) is 5.10 Å². The highest BCUT2D eigenvalue weighted by Crippen LogP contribution is 2.27. The number of carbonyl (C=O) groups is 1. The number of aromatic nitrogens is 2. The number of rotatable bonds is 10. The van der Waals surface area contributed by atoms with Gasteiger partial charge in [-0.1, -0.05) is 30.3 Å². The van der Waals surface area contributed by atoms with Crippen molar-refractivity contribution in [2.75, 3.05) is 0 Å². The van der Waals surface area contributed by atoms with E-state index in [-0.39, 0.29) is 18.1 Å². The minimum Gasteiger partial charge on any atom is -0.486 e. The maximum atomic E-state index is 12.8. The number of hydrogen-bond donors (Lipinski definition) is 1. The predicted octanol–water partition coefficient (Wildman–Crippen LogP) is 7.25. The Morgan fingerprint density at radius 1 is 0.956 bits per heavy atom. The second-order valence-electron chi connectivity index (χ2n) is 10.7. The summed E-state index contributed by atoms with van der Waals surface area (Å²) in [5, 5.41) is 16.4. The van der Waals surface area contributed by atoms with Crippen molar-refractivity contribution in [1.82, 2.24) is 14.6 Å². The van der Waals surface area contributed by atoms with Crippen molar-refractivity contribution >= 4 is 28.7 Å². The summed E-state index contributed by atoms with van der Waals surface area (Å²) in [7, 11) is 0. The Morgan fingerprint density at radius 2 is 1.71 bits per heavy atom. The molecule has 0 spiro atoms. The van der Waals surface area contributed by atoms with Crippen LogP contribution in [0.25, 0.3) is 16.6 Å². The van der Waals surface area contributed by atoms with E-state index in [0.717, 1.165) is 44.8 Å². The van der Waals surface area contributed by atoms with Crippen molar-refractivity contribution in [1.29, 1.82) is 0 Å². The van der Waals surface area contributed by atoms with Gasteiger partial charge in [-0.15, -0.1) is 0 Å². The summed E-state index contributed by atoms with van der Waals surface area (Å²) in [4.78, 5) is 23.6. The SMILES string of the molecule is Cc1ccc(C)n1-c1ccc(OCc2ccc(C(=O)N/N=C/c3c(C)n(Cc4cccc([N+](=O)[O-])c4)c4ccccc34)o2)cc1. The Balaban J connectivity index is 1.10. The van der Waals surface area contributed by atoms with Crippen LogP contribution in [0.3, 0.4) is 0 Å². The largest absolute Gasteiger partial charge is 0.486 e. The van der Waals surface area contributed by atoms with Crippen LogP contribution in [0.15, 0.2) is 107 Å². The molecule has 6 aromatic rings. The highest BCUT2D eigenvalue weighted by Gasteiger charge is 2.15. The number of hydrogen-bond acceptors (Lipinski definition) is 6. The molecule has 10 heteroatoms. The van der Waals surface area contributed by atoms with E-state index in [4.69, 9.17) is 9.15 Å². The summed E-state index contributed by atoms with van der Waals surface area (Å²) < 4.78 is 15.8. The molecule has 3 heterocycles. The van der Waals surface area contributed by atoms with Crippen LogP contribution in [-0.4, -0.2) is 26.2 Å². The van der Waals surface area contributed by atoms with Crippen LogP contribution in [0.5, 0.6) is 5.75 Å². The first-order valence-electron chi connectivity index (χ1n) is 14.4. The number of nitro groups is 1. The number of nitro benzene ring substituents is 1. The first-order chi connectivity index (χ1) is 21.8. The van der Waals surface area contributed by atoms with Crippen molar-refractivity contribution in [2.24, 2.45) is 5.10 Å². The summed E-state index contributed by atoms with van der Waals surface area (Å²) >= 11 is 0. The molecule has 0 saturated heterocycles. The Labute approximate surface area is 259 Å². The van der Waals surface area contributed by atoms with E-state index in [9.17, 15) is 14.9 Å². The van der Waals surface area contributed by atoms with E-state index in [1.807, 2.05) is 61.5 Å². The van der Waals surface area contributed by atoms with E-state index < -0.39 is 10.8 Å². The fourth-order valence-corrected chi connectivity index (χ4v) is 5.49. The number of benzene rings is 3.